The van der Waals surface area contributed by atoms with Gasteiger partial charge in [0.25, 0.3) is 21.8 Å². The highest BCUT2D eigenvalue weighted by atomic mass is 32.2. The average Bonchev–Trinajstić information content (AvgIpc) is 3.68. The molecular weight excluding hydrogens is 597 g/mol. The first-order valence-electron chi connectivity index (χ1n) is 13.5. The fourth-order valence-corrected chi connectivity index (χ4v) is 6.48. The third kappa shape index (κ3) is 6.81. The number of nitrogens with zero attached hydrogens (tertiary/aromatic N) is 3. The van der Waals surface area contributed by atoms with E-state index in [1.54, 1.807) is 54.7 Å². The normalized spacial score (nSPS) is 12.8. The van der Waals surface area contributed by atoms with Crippen molar-refractivity contribution in [1.29, 1.82) is 0 Å². The highest BCUT2D eigenvalue weighted by Crippen LogP contribution is 2.30. The van der Waals surface area contributed by atoms with E-state index >= 15 is 0 Å². The Balaban J connectivity index is 0.00000188. The van der Waals surface area contributed by atoms with Gasteiger partial charge in [-0.3, -0.25) is 4.79 Å². The zero-order chi connectivity index (χ0) is 31.1. The van der Waals surface area contributed by atoms with E-state index in [1.165, 1.54) is 6.07 Å². The molecule has 0 aliphatic heterocycles. The number of aryl methyl sites for hydroxylation is 1. The average molecular weight is 625 g/mol. The summed E-state index contributed by atoms with van der Waals surface area (Å²) in [6, 6.07) is 24.3. The third-order valence-corrected chi connectivity index (χ3v) is 9.00. The molecule has 1 aliphatic rings. The van der Waals surface area contributed by atoms with E-state index in [-0.39, 0.29) is 16.4 Å². The summed E-state index contributed by atoms with van der Waals surface area (Å²) in [6.45, 7) is 1.67. The number of sulfonamides is 1. The van der Waals surface area contributed by atoms with Crippen LogP contribution in [0.15, 0.2) is 124 Å². The van der Waals surface area contributed by atoms with E-state index in [1.807, 2.05) is 66.1 Å². The fraction of sp³-hybridized carbons (Fsp3) is 0.0909. The molecular formula is C33H28N4O5S2. The molecule has 0 atom stereocenters. The number of amides is 1. The summed E-state index contributed by atoms with van der Waals surface area (Å²) in [7, 11) is -3.05. The number of carbonyl (C=O) groups is 1. The Hall–Kier alpha value is -4.97. The molecule has 222 valence electrons. The second kappa shape index (κ2) is 13.6. The van der Waals surface area contributed by atoms with Crippen molar-refractivity contribution in [3.05, 3.63) is 126 Å². The summed E-state index contributed by atoms with van der Waals surface area (Å²) in [5.41, 5.74) is 4.97. The van der Waals surface area contributed by atoms with Gasteiger partial charge in [0.2, 0.25) is 5.82 Å². The number of allylic oxidation sites excluding steroid dienone is 4. The monoisotopic (exact) mass is 624 g/mol. The Labute approximate surface area is 259 Å². The first-order chi connectivity index (χ1) is 21.4. The lowest BCUT2D eigenvalue weighted by molar-refractivity contribution is -0.115. The molecule has 0 radical (unpaired) electrons. The van der Waals surface area contributed by atoms with E-state index in [0.29, 0.717) is 23.4 Å². The minimum absolute atomic E-state index is 0.0475. The molecule has 9 nitrogen and oxygen atoms in total. The molecule has 0 saturated carbocycles. The van der Waals surface area contributed by atoms with E-state index < -0.39 is 15.9 Å². The second-order valence-electron chi connectivity index (χ2n) is 9.53. The topological polar surface area (TPSA) is 135 Å². The molecule has 44 heavy (non-hydrogen) atoms. The Morgan fingerprint density at radius 3 is 2.36 bits per heavy atom. The van der Waals surface area contributed by atoms with Crippen LogP contribution in [0.4, 0.5) is 0 Å². The lowest BCUT2D eigenvalue weighted by atomic mass is 10.1. The molecule has 0 fully saturated rings. The van der Waals surface area contributed by atoms with E-state index in [2.05, 4.69) is 14.9 Å². The number of rotatable bonds is 7. The number of hydrogen-bond acceptors (Lipinski definition) is 9. The van der Waals surface area contributed by atoms with E-state index in [4.69, 9.17) is 14.6 Å². The lowest BCUT2D eigenvalue weighted by Gasteiger charge is -2.09. The lowest BCUT2D eigenvalue weighted by Crippen LogP contribution is -2.31. The zero-order valence-electron chi connectivity index (χ0n) is 23.8. The van der Waals surface area contributed by atoms with Crippen molar-refractivity contribution >= 4 is 32.8 Å². The predicted octanol–water partition coefficient (Wildman–Crippen LogP) is 6.22. The van der Waals surface area contributed by atoms with Crippen LogP contribution in [0, 0.1) is 6.92 Å². The second-order valence-corrected chi connectivity index (χ2v) is 12.0. The maximum atomic E-state index is 13.0. The summed E-state index contributed by atoms with van der Waals surface area (Å²) >= 11 is 1.59. The molecule has 11 heteroatoms. The van der Waals surface area contributed by atoms with Gasteiger partial charge in [-0.25, -0.2) is 18.1 Å². The number of aliphatic hydroxyl groups is 1. The number of hydrogen-bond donors (Lipinski definition) is 2. The number of carbonyl (C=O) groups excluding carboxylic acids is 1. The highest BCUT2D eigenvalue weighted by molar-refractivity contribution is 7.90. The van der Waals surface area contributed by atoms with Crippen molar-refractivity contribution in [2.45, 2.75) is 18.2 Å². The summed E-state index contributed by atoms with van der Waals surface area (Å²) < 4.78 is 33.4. The molecule has 3 aromatic carbocycles. The molecule has 1 aliphatic carbocycles. The van der Waals surface area contributed by atoms with E-state index in [0.717, 1.165) is 34.5 Å². The molecule has 5 aromatic rings. The van der Waals surface area contributed by atoms with Gasteiger partial charge in [-0.05, 0) is 37.1 Å². The van der Waals surface area contributed by atoms with Crippen LogP contribution < -0.4 is 4.72 Å². The van der Waals surface area contributed by atoms with Crippen molar-refractivity contribution < 1.29 is 22.8 Å². The molecule has 0 saturated heterocycles. The van der Waals surface area contributed by atoms with Gasteiger partial charge in [-0.2, -0.15) is 4.98 Å². The Bertz CT molecular complexity index is 1970. The van der Waals surface area contributed by atoms with Crippen molar-refractivity contribution in [2.75, 3.05) is 7.11 Å². The first kappa shape index (κ1) is 30.5. The minimum Gasteiger partial charge on any atom is -0.400 e. The zero-order valence-corrected chi connectivity index (χ0v) is 25.5. The number of aliphatic hydroxyl groups excluding tert-OH is 1. The minimum atomic E-state index is -4.05. The molecule has 2 aromatic heterocycles. The Morgan fingerprint density at radius 1 is 0.909 bits per heavy atom. The SMILES string of the molecule is CO.Cc1ccccc1S(=O)(=O)NC(=O)C1=CC=CCC(c2nc(-c3ccc(-c4csc(-c5ccccc5)n4)cc3)no2)=C1. The Kier molecular flexibility index (Phi) is 9.39. The van der Waals surface area contributed by atoms with Crippen LogP contribution in [-0.2, 0) is 14.8 Å². The van der Waals surface area contributed by atoms with Gasteiger partial charge in [0.15, 0.2) is 0 Å². The molecule has 2 heterocycles. The molecule has 1 amide bonds. The summed E-state index contributed by atoms with van der Waals surface area (Å²) in [5, 5.41) is 14.1. The van der Waals surface area contributed by atoms with Gasteiger partial charge >= 0.3 is 0 Å². The van der Waals surface area contributed by atoms with Crippen LogP contribution in [0.3, 0.4) is 0 Å². The van der Waals surface area contributed by atoms with Gasteiger partial charge < -0.3 is 9.63 Å². The maximum absolute atomic E-state index is 13.0. The predicted molar refractivity (Wildman–Crippen MR) is 171 cm³/mol. The standard InChI is InChI=1S/C32H24N4O4S2.CH4O/c1-21-9-5-8-14-28(21)42(38,39)36-30(37)25-12-6-7-13-26(19-25)31-34-29(35-40-31)23-17-15-22(16-18-23)27-20-41-32(33-27)24-10-3-2-4-11-24;1-2/h2-12,14-20H,13H2,1H3,(H,36,37);2H,1H3. The highest BCUT2D eigenvalue weighted by Gasteiger charge is 2.22. The van der Waals surface area contributed by atoms with Crippen LogP contribution in [0.1, 0.15) is 17.9 Å². The molecule has 0 bridgehead atoms. The van der Waals surface area contributed by atoms with Crippen molar-refractivity contribution in [3.63, 3.8) is 0 Å². The summed E-state index contributed by atoms with van der Waals surface area (Å²) in [4.78, 5) is 22.3. The molecule has 6 rings (SSSR count). The van der Waals surface area contributed by atoms with Crippen molar-refractivity contribution in [1.82, 2.24) is 19.8 Å². The number of aromatic nitrogens is 3. The summed E-state index contributed by atoms with van der Waals surface area (Å²) in [5.74, 6) is -0.116. The van der Waals surface area contributed by atoms with Gasteiger partial charge in [0.1, 0.15) is 5.01 Å². The Morgan fingerprint density at radius 2 is 1.61 bits per heavy atom. The van der Waals surface area contributed by atoms with Crippen LogP contribution >= 0.6 is 11.3 Å². The van der Waals surface area contributed by atoms with Crippen molar-refractivity contribution in [3.8, 4) is 33.2 Å². The largest absolute Gasteiger partial charge is 0.400 e. The van der Waals surface area contributed by atoms with Gasteiger partial charge in [-0.15, -0.1) is 11.3 Å². The van der Waals surface area contributed by atoms with Crippen molar-refractivity contribution in [2.24, 2.45) is 0 Å². The molecule has 0 unspecified atom stereocenters. The molecule has 0 spiro atoms. The quantitative estimate of drug-likeness (QED) is 0.218. The van der Waals surface area contributed by atoms with Crippen LogP contribution in [0.25, 0.3) is 38.8 Å². The maximum Gasteiger partial charge on any atom is 0.265 e. The smallest absolute Gasteiger partial charge is 0.265 e. The van der Waals surface area contributed by atoms with Gasteiger partial charge in [0, 0.05) is 40.3 Å². The van der Waals surface area contributed by atoms with Gasteiger partial charge in [0.05, 0.1) is 10.6 Å². The number of nitrogens with one attached hydrogen (secondary N) is 1. The van der Waals surface area contributed by atoms with Crippen LogP contribution in [0.2, 0.25) is 0 Å². The fourth-order valence-electron chi connectivity index (χ4n) is 4.43. The molecule has 2 N–H and O–H groups in total. The van der Waals surface area contributed by atoms with Crippen LogP contribution in [-0.4, -0.2) is 41.7 Å². The number of thiazole rings is 1. The first-order valence-corrected chi connectivity index (χ1v) is 15.8. The van der Waals surface area contributed by atoms with Crippen LogP contribution in [0.5, 0.6) is 0 Å². The third-order valence-electron chi connectivity index (χ3n) is 6.62. The van der Waals surface area contributed by atoms with Gasteiger partial charge in [-0.1, -0.05) is 90.1 Å². The number of benzene rings is 3. The summed E-state index contributed by atoms with van der Waals surface area (Å²) in [6.07, 6.45) is 7.06. The van der Waals surface area contributed by atoms with E-state index in [9.17, 15) is 13.2 Å².